The first kappa shape index (κ1) is 15.8. The Morgan fingerprint density at radius 1 is 1.26 bits per heavy atom. The lowest BCUT2D eigenvalue weighted by molar-refractivity contribution is -0.118. The Bertz CT molecular complexity index is 740. The summed E-state index contributed by atoms with van der Waals surface area (Å²) in [5, 5.41) is 6.79. The number of nitrogens with one attached hydrogen (secondary N) is 1. The van der Waals surface area contributed by atoms with Gasteiger partial charge < -0.3 is 20.3 Å². The first-order valence-electron chi connectivity index (χ1n) is 7.34. The molecule has 0 saturated heterocycles. The Hall–Kier alpha value is -2.12. The minimum absolute atomic E-state index is 0. The van der Waals surface area contributed by atoms with E-state index in [-0.39, 0.29) is 24.9 Å². The molecule has 0 unspecified atom stereocenters. The highest BCUT2D eigenvalue weighted by molar-refractivity contribution is 5.95. The van der Waals surface area contributed by atoms with Crippen molar-refractivity contribution in [3.8, 4) is 17.2 Å². The van der Waals surface area contributed by atoms with Crippen molar-refractivity contribution < 1.29 is 14.1 Å². The molecule has 0 atom stereocenters. The Balaban J connectivity index is 0.00000156. The molecule has 7 nitrogen and oxygen atoms in total. The third-order valence-corrected chi connectivity index (χ3v) is 4.23. The third kappa shape index (κ3) is 2.77. The van der Waals surface area contributed by atoms with Crippen molar-refractivity contribution in [2.45, 2.75) is 31.2 Å². The Labute approximate surface area is 139 Å². The zero-order chi connectivity index (χ0) is 15.2. The number of aromatic nitrogens is 2. The van der Waals surface area contributed by atoms with Gasteiger partial charge in [0.2, 0.25) is 0 Å². The molecule has 3 N–H and O–H groups in total. The molecule has 2 aromatic rings. The number of hydrogen-bond donors (Lipinski definition) is 2. The molecule has 0 radical (unpaired) electrons. The lowest BCUT2D eigenvalue weighted by atomic mass is 9.99. The largest absolute Gasteiger partial charge is 0.482 e. The van der Waals surface area contributed by atoms with Gasteiger partial charge in [0, 0.05) is 5.56 Å². The number of anilines is 1. The summed E-state index contributed by atoms with van der Waals surface area (Å²) < 4.78 is 10.8. The third-order valence-electron chi connectivity index (χ3n) is 4.23. The lowest BCUT2D eigenvalue weighted by Gasteiger charge is -2.18. The molecular weight excluding hydrogens is 320 g/mol. The molecule has 1 aliphatic carbocycles. The maximum atomic E-state index is 11.3. The molecule has 23 heavy (non-hydrogen) atoms. The molecule has 1 amide bonds. The van der Waals surface area contributed by atoms with Gasteiger partial charge in [-0.2, -0.15) is 4.98 Å². The number of rotatable bonds is 2. The minimum atomic E-state index is -0.472. The normalized spacial score (nSPS) is 18.6. The molecule has 1 saturated carbocycles. The molecule has 122 valence electrons. The van der Waals surface area contributed by atoms with E-state index >= 15 is 0 Å². The number of benzene rings is 1. The number of amides is 1. The molecule has 0 bridgehead atoms. The number of nitrogens with two attached hydrogens (primary N) is 1. The van der Waals surface area contributed by atoms with Crippen LogP contribution in [0.25, 0.3) is 11.5 Å². The van der Waals surface area contributed by atoms with Crippen LogP contribution < -0.4 is 15.8 Å². The molecule has 1 aliphatic heterocycles. The number of carbonyl (C=O) groups excluding carboxylic acids is 1. The summed E-state index contributed by atoms with van der Waals surface area (Å²) in [4.78, 5) is 15.7. The number of fused-ring (bicyclic) bond motifs is 1. The number of nitrogens with zero attached hydrogens (tertiary/aromatic N) is 2. The summed E-state index contributed by atoms with van der Waals surface area (Å²) >= 11 is 0. The maximum Gasteiger partial charge on any atom is 0.262 e. The summed E-state index contributed by atoms with van der Waals surface area (Å²) in [5.41, 5.74) is 7.26. The topological polar surface area (TPSA) is 103 Å². The average Bonchev–Trinajstić information content (AvgIpc) is 3.16. The van der Waals surface area contributed by atoms with Gasteiger partial charge in [-0.05, 0) is 31.0 Å². The predicted octanol–water partition coefficient (Wildman–Crippen LogP) is 2.22. The number of ether oxygens (including phenoxy) is 1. The van der Waals surface area contributed by atoms with Crippen LogP contribution in [0.5, 0.6) is 5.75 Å². The molecule has 4 rings (SSSR count). The van der Waals surface area contributed by atoms with E-state index in [2.05, 4.69) is 15.5 Å². The summed E-state index contributed by atoms with van der Waals surface area (Å²) in [6.07, 6.45) is 3.94. The number of hydrogen-bond acceptors (Lipinski definition) is 6. The first-order chi connectivity index (χ1) is 10.6. The summed E-state index contributed by atoms with van der Waals surface area (Å²) in [7, 11) is 0. The Morgan fingerprint density at radius 2 is 2.04 bits per heavy atom. The van der Waals surface area contributed by atoms with Gasteiger partial charge in [-0.25, -0.2) is 0 Å². The second-order valence-electron chi connectivity index (χ2n) is 5.83. The highest BCUT2D eigenvalue weighted by Gasteiger charge is 2.36. The van der Waals surface area contributed by atoms with Gasteiger partial charge in [0.25, 0.3) is 11.8 Å². The van der Waals surface area contributed by atoms with Crippen molar-refractivity contribution in [1.29, 1.82) is 0 Å². The maximum absolute atomic E-state index is 11.3. The van der Waals surface area contributed by atoms with E-state index in [1.54, 1.807) is 12.1 Å². The molecule has 1 fully saturated rings. The van der Waals surface area contributed by atoms with Crippen LogP contribution in [0.3, 0.4) is 0 Å². The highest BCUT2D eigenvalue weighted by Crippen LogP contribution is 2.36. The van der Waals surface area contributed by atoms with E-state index in [1.165, 1.54) is 0 Å². The average molecular weight is 337 g/mol. The van der Waals surface area contributed by atoms with Crippen LogP contribution in [0.15, 0.2) is 22.7 Å². The molecule has 2 heterocycles. The van der Waals surface area contributed by atoms with Crippen molar-refractivity contribution in [2.75, 3.05) is 11.9 Å². The summed E-state index contributed by atoms with van der Waals surface area (Å²) in [5.74, 6) is 1.41. The van der Waals surface area contributed by atoms with Gasteiger partial charge in [-0.3, -0.25) is 4.79 Å². The summed E-state index contributed by atoms with van der Waals surface area (Å²) in [6.45, 7) is 0.0114. The van der Waals surface area contributed by atoms with Crippen LogP contribution in [0.4, 0.5) is 5.69 Å². The fraction of sp³-hybridized carbons (Fsp3) is 0.400. The quantitative estimate of drug-likeness (QED) is 0.871. The van der Waals surface area contributed by atoms with Gasteiger partial charge in [0.15, 0.2) is 12.4 Å². The van der Waals surface area contributed by atoms with E-state index in [1.807, 2.05) is 6.07 Å². The van der Waals surface area contributed by atoms with Crippen molar-refractivity contribution in [3.63, 3.8) is 0 Å². The van der Waals surface area contributed by atoms with Crippen LogP contribution in [0.1, 0.15) is 31.5 Å². The number of halogens is 1. The van der Waals surface area contributed by atoms with Crippen LogP contribution in [0, 0.1) is 0 Å². The van der Waals surface area contributed by atoms with Gasteiger partial charge >= 0.3 is 0 Å². The van der Waals surface area contributed by atoms with E-state index in [9.17, 15) is 4.79 Å². The van der Waals surface area contributed by atoms with Crippen molar-refractivity contribution >= 4 is 24.0 Å². The monoisotopic (exact) mass is 336 g/mol. The fourth-order valence-corrected chi connectivity index (χ4v) is 2.98. The predicted molar refractivity (Wildman–Crippen MR) is 85.4 cm³/mol. The standard InChI is InChI=1S/C15H16N4O3.ClH/c16-15(5-1-2-6-15)14-18-13(22-19-14)9-3-4-10-11(7-9)21-8-12(20)17-10;/h3-4,7H,1-2,5-6,8,16H2,(H,17,20);1H. The van der Waals surface area contributed by atoms with E-state index < -0.39 is 5.54 Å². The Kier molecular flexibility index (Phi) is 3.99. The molecule has 0 spiro atoms. The zero-order valence-corrected chi connectivity index (χ0v) is 13.2. The van der Waals surface area contributed by atoms with E-state index in [4.69, 9.17) is 15.0 Å². The van der Waals surface area contributed by atoms with Crippen LogP contribution >= 0.6 is 12.4 Å². The SMILES string of the molecule is Cl.NC1(c2noc(-c3ccc4c(c3)OCC(=O)N4)n2)CCCC1. The Morgan fingerprint density at radius 3 is 2.83 bits per heavy atom. The van der Waals surface area contributed by atoms with E-state index in [0.717, 1.165) is 31.2 Å². The van der Waals surface area contributed by atoms with Crippen LogP contribution in [-0.2, 0) is 10.3 Å². The number of carbonyl (C=O) groups is 1. The van der Waals surface area contributed by atoms with Gasteiger partial charge in [-0.1, -0.05) is 18.0 Å². The van der Waals surface area contributed by atoms with Crippen molar-refractivity contribution in [2.24, 2.45) is 5.73 Å². The molecule has 1 aromatic heterocycles. The smallest absolute Gasteiger partial charge is 0.262 e. The molecule has 8 heteroatoms. The summed E-state index contributed by atoms with van der Waals surface area (Å²) in [6, 6.07) is 5.35. The zero-order valence-electron chi connectivity index (χ0n) is 12.4. The lowest BCUT2D eigenvalue weighted by Crippen LogP contribution is -2.34. The fourth-order valence-electron chi connectivity index (χ4n) is 2.98. The van der Waals surface area contributed by atoms with Crippen molar-refractivity contribution in [3.05, 3.63) is 24.0 Å². The first-order valence-corrected chi connectivity index (χ1v) is 7.34. The second-order valence-corrected chi connectivity index (χ2v) is 5.83. The molecule has 1 aromatic carbocycles. The van der Waals surface area contributed by atoms with Crippen molar-refractivity contribution in [1.82, 2.24) is 10.1 Å². The van der Waals surface area contributed by atoms with Gasteiger partial charge in [0.1, 0.15) is 5.75 Å². The minimum Gasteiger partial charge on any atom is -0.482 e. The van der Waals surface area contributed by atoms with Crippen LogP contribution in [-0.4, -0.2) is 22.7 Å². The van der Waals surface area contributed by atoms with Gasteiger partial charge in [-0.15, -0.1) is 12.4 Å². The van der Waals surface area contributed by atoms with Gasteiger partial charge in [0.05, 0.1) is 11.2 Å². The molecule has 2 aliphatic rings. The van der Waals surface area contributed by atoms with Crippen LogP contribution in [0.2, 0.25) is 0 Å². The highest BCUT2D eigenvalue weighted by atomic mass is 35.5. The van der Waals surface area contributed by atoms with E-state index in [0.29, 0.717) is 23.2 Å². The second kappa shape index (κ2) is 5.82. The molecular formula is C15H17ClN4O3.